The van der Waals surface area contributed by atoms with Crippen LogP contribution in [0.3, 0.4) is 0 Å². The van der Waals surface area contributed by atoms with Crippen LogP contribution < -0.4 is 10.1 Å². The predicted octanol–water partition coefficient (Wildman–Crippen LogP) is 5.47. The van der Waals surface area contributed by atoms with Gasteiger partial charge in [-0.2, -0.15) is 0 Å². The lowest BCUT2D eigenvalue weighted by Gasteiger charge is -2.30. The first kappa shape index (κ1) is 21.8. The average Bonchev–Trinajstić information content (AvgIpc) is 3.31. The highest BCUT2D eigenvalue weighted by molar-refractivity contribution is 5.89. The van der Waals surface area contributed by atoms with E-state index in [1.165, 1.54) is 12.1 Å². The first-order valence-corrected chi connectivity index (χ1v) is 11.0. The molecule has 1 aliphatic heterocycles. The Morgan fingerprint density at radius 3 is 2.53 bits per heavy atom. The Balaban J connectivity index is 1.27. The fourth-order valence-corrected chi connectivity index (χ4v) is 3.61. The smallest absolute Gasteiger partial charge is 0.321 e. The van der Waals surface area contributed by atoms with Crippen molar-refractivity contribution in [3.63, 3.8) is 0 Å². The maximum atomic E-state index is 13.1. The van der Waals surface area contributed by atoms with Crippen LogP contribution in [-0.2, 0) is 0 Å². The van der Waals surface area contributed by atoms with Crippen molar-refractivity contribution in [2.45, 2.75) is 38.5 Å². The molecule has 7 nitrogen and oxygen atoms in total. The van der Waals surface area contributed by atoms with Crippen molar-refractivity contribution in [3.8, 4) is 17.2 Å². The number of aromatic nitrogens is 2. The highest BCUT2D eigenvalue weighted by Gasteiger charge is 2.27. The van der Waals surface area contributed by atoms with Gasteiger partial charge in [-0.3, -0.25) is 0 Å². The van der Waals surface area contributed by atoms with Gasteiger partial charge in [0.15, 0.2) is 0 Å². The molecule has 1 N–H and O–H groups in total. The second-order valence-electron chi connectivity index (χ2n) is 7.87. The van der Waals surface area contributed by atoms with E-state index in [1.807, 2.05) is 24.3 Å². The van der Waals surface area contributed by atoms with E-state index in [0.717, 1.165) is 37.1 Å². The number of carbonyl (C=O) groups excluding carboxylic acids is 1. The van der Waals surface area contributed by atoms with Crippen LogP contribution in [-0.4, -0.2) is 40.8 Å². The van der Waals surface area contributed by atoms with Crippen molar-refractivity contribution < 1.29 is 18.3 Å². The van der Waals surface area contributed by atoms with Crippen molar-refractivity contribution >= 4 is 11.7 Å². The molecule has 1 saturated heterocycles. The van der Waals surface area contributed by atoms with Gasteiger partial charge in [0.05, 0.1) is 6.61 Å². The average molecular weight is 439 g/mol. The number of benzene rings is 2. The van der Waals surface area contributed by atoms with Crippen LogP contribution in [0, 0.1) is 5.82 Å². The lowest BCUT2D eigenvalue weighted by molar-refractivity contribution is 0.190. The summed E-state index contributed by atoms with van der Waals surface area (Å²) in [6.45, 7) is 4.02. The molecule has 3 aromatic rings. The highest BCUT2D eigenvalue weighted by Crippen LogP contribution is 2.29. The number of ether oxygens (including phenoxy) is 1. The van der Waals surface area contributed by atoms with E-state index in [1.54, 1.807) is 17.0 Å². The second-order valence-corrected chi connectivity index (χ2v) is 7.87. The fourth-order valence-electron chi connectivity index (χ4n) is 3.61. The summed E-state index contributed by atoms with van der Waals surface area (Å²) in [4.78, 5) is 14.4. The Kier molecular flexibility index (Phi) is 6.99. The fraction of sp³-hybridized carbons (Fsp3) is 0.375. The third-order valence-corrected chi connectivity index (χ3v) is 5.54. The van der Waals surface area contributed by atoms with E-state index in [9.17, 15) is 9.18 Å². The van der Waals surface area contributed by atoms with E-state index in [0.29, 0.717) is 37.0 Å². The number of amides is 2. The number of anilines is 1. The third kappa shape index (κ3) is 5.43. The molecule has 0 spiro atoms. The Hall–Kier alpha value is -3.42. The van der Waals surface area contributed by atoms with Gasteiger partial charge in [0.2, 0.25) is 11.8 Å². The van der Waals surface area contributed by atoms with Crippen molar-refractivity contribution in [2.24, 2.45) is 0 Å². The molecule has 1 aliphatic rings. The van der Waals surface area contributed by atoms with Crippen molar-refractivity contribution in [3.05, 3.63) is 60.2 Å². The lowest BCUT2D eigenvalue weighted by atomic mass is 9.97. The summed E-state index contributed by atoms with van der Waals surface area (Å²) < 4.78 is 24.6. The lowest BCUT2D eigenvalue weighted by Crippen LogP contribution is -2.40. The van der Waals surface area contributed by atoms with Crippen molar-refractivity contribution in [1.29, 1.82) is 0 Å². The molecule has 0 saturated carbocycles. The van der Waals surface area contributed by atoms with Gasteiger partial charge in [-0.25, -0.2) is 9.18 Å². The number of unbranched alkanes of at least 4 members (excludes halogenated alkanes) is 1. The molecular formula is C24H27FN4O3. The number of hydrogen-bond acceptors (Lipinski definition) is 5. The third-order valence-electron chi connectivity index (χ3n) is 5.54. The largest absolute Gasteiger partial charge is 0.494 e. The molecule has 8 heteroatoms. The predicted molar refractivity (Wildman–Crippen MR) is 119 cm³/mol. The minimum Gasteiger partial charge on any atom is -0.494 e. The molecule has 4 rings (SSSR count). The van der Waals surface area contributed by atoms with Crippen LogP contribution in [0.25, 0.3) is 11.5 Å². The Bertz CT molecular complexity index is 1010. The number of rotatable bonds is 7. The molecule has 2 heterocycles. The number of nitrogens with zero attached hydrogens (tertiary/aromatic N) is 3. The number of urea groups is 1. The van der Waals surface area contributed by atoms with Gasteiger partial charge in [0.25, 0.3) is 0 Å². The zero-order valence-corrected chi connectivity index (χ0v) is 18.1. The molecule has 1 fully saturated rings. The molecule has 2 aromatic carbocycles. The van der Waals surface area contributed by atoms with Crippen LogP contribution in [0.5, 0.6) is 5.75 Å². The summed E-state index contributed by atoms with van der Waals surface area (Å²) in [5, 5.41) is 11.2. The zero-order chi connectivity index (χ0) is 22.3. The van der Waals surface area contributed by atoms with Crippen LogP contribution >= 0.6 is 0 Å². The van der Waals surface area contributed by atoms with E-state index < -0.39 is 0 Å². The van der Waals surface area contributed by atoms with Crippen LogP contribution in [0.1, 0.15) is 44.4 Å². The molecule has 0 radical (unpaired) electrons. The molecule has 0 atom stereocenters. The molecule has 168 valence electrons. The number of halogens is 1. The molecule has 32 heavy (non-hydrogen) atoms. The monoisotopic (exact) mass is 438 g/mol. The number of carbonyl (C=O) groups is 1. The Morgan fingerprint density at radius 1 is 1.12 bits per heavy atom. The standard InChI is InChI=1S/C24H27FN4O3/c1-2-3-16-31-21-10-8-20(9-11-21)26-24(30)29-14-12-18(13-15-29)23-28-27-22(32-23)17-4-6-19(25)7-5-17/h4-11,18H,2-3,12-16H2,1H3,(H,26,30). The summed E-state index contributed by atoms with van der Waals surface area (Å²) in [5.74, 6) is 1.53. The molecule has 0 unspecified atom stereocenters. The summed E-state index contributed by atoms with van der Waals surface area (Å²) >= 11 is 0. The van der Waals surface area contributed by atoms with Gasteiger partial charge < -0.3 is 19.4 Å². The summed E-state index contributed by atoms with van der Waals surface area (Å²) in [5.41, 5.74) is 1.42. The summed E-state index contributed by atoms with van der Waals surface area (Å²) in [6.07, 6.45) is 3.59. The van der Waals surface area contributed by atoms with Gasteiger partial charge in [-0.05, 0) is 67.8 Å². The van der Waals surface area contributed by atoms with E-state index in [4.69, 9.17) is 9.15 Å². The van der Waals surface area contributed by atoms with E-state index in [2.05, 4.69) is 22.4 Å². The van der Waals surface area contributed by atoms with Gasteiger partial charge >= 0.3 is 6.03 Å². The Morgan fingerprint density at radius 2 is 1.84 bits per heavy atom. The quantitative estimate of drug-likeness (QED) is 0.495. The minimum atomic E-state index is -0.310. The van der Waals surface area contributed by atoms with Crippen molar-refractivity contribution in [2.75, 3.05) is 25.0 Å². The van der Waals surface area contributed by atoms with E-state index >= 15 is 0 Å². The van der Waals surface area contributed by atoms with Crippen LogP contribution in [0.2, 0.25) is 0 Å². The van der Waals surface area contributed by atoms with Gasteiger partial charge in [0, 0.05) is 30.3 Å². The second kappa shape index (κ2) is 10.3. The molecule has 1 aromatic heterocycles. The molecule has 0 bridgehead atoms. The topological polar surface area (TPSA) is 80.5 Å². The molecule has 2 amide bonds. The highest BCUT2D eigenvalue weighted by atomic mass is 19.1. The van der Waals surface area contributed by atoms with E-state index in [-0.39, 0.29) is 17.8 Å². The number of piperidine rings is 1. The number of likely N-dealkylation sites (tertiary alicyclic amines) is 1. The van der Waals surface area contributed by atoms with Gasteiger partial charge in [0.1, 0.15) is 11.6 Å². The normalized spacial score (nSPS) is 14.4. The van der Waals surface area contributed by atoms with Crippen molar-refractivity contribution in [1.82, 2.24) is 15.1 Å². The van der Waals surface area contributed by atoms with Gasteiger partial charge in [-0.15, -0.1) is 10.2 Å². The first-order chi connectivity index (χ1) is 15.6. The van der Waals surface area contributed by atoms with Gasteiger partial charge in [-0.1, -0.05) is 13.3 Å². The summed E-state index contributed by atoms with van der Waals surface area (Å²) in [7, 11) is 0. The van der Waals surface area contributed by atoms with Crippen LogP contribution in [0.15, 0.2) is 52.9 Å². The molecule has 0 aliphatic carbocycles. The SMILES string of the molecule is CCCCOc1ccc(NC(=O)N2CCC(c3nnc(-c4ccc(F)cc4)o3)CC2)cc1. The minimum absolute atomic E-state index is 0.0975. The Labute approximate surface area is 186 Å². The van der Waals surface area contributed by atoms with Crippen LogP contribution in [0.4, 0.5) is 14.9 Å². The number of nitrogens with one attached hydrogen (secondary N) is 1. The zero-order valence-electron chi connectivity index (χ0n) is 18.1. The molecular weight excluding hydrogens is 411 g/mol. The first-order valence-electron chi connectivity index (χ1n) is 11.0. The maximum absolute atomic E-state index is 13.1. The number of hydrogen-bond donors (Lipinski definition) is 1. The summed E-state index contributed by atoms with van der Waals surface area (Å²) in [6, 6.07) is 13.3. The maximum Gasteiger partial charge on any atom is 0.321 e.